The van der Waals surface area contributed by atoms with Crippen molar-refractivity contribution in [3.63, 3.8) is 0 Å². The topological polar surface area (TPSA) is 40.5 Å². The van der Waals surface area contributed by atoms with Crippen LogP contribution in [-0.4, -0.2) is 36.6 Å². The minimum Gasteiger partial charge on any atom is -0.396 e. The number of unbranched alkanes of at least 4 members (excludes halogenated alkanes) is 5. The number of hydrogen-bond acceptors (Lipinski definition) is 2. The summed E-state index contributed by atoms with van der Waals surface area (Å²) in [6.07, 6.45) is 8.77. The minimum absolute atomic E-state index is 0.0556. The third-order valence-electron chi connectivity index (χ3n) is 2.13. The van der Waals surface area contributed by atoms with Crippen LogP contribution in [-0.2, 0) is 4.79 Å². The lowest BCUT2D eigenvalue weighted by molar-refractivity contribution is -0.123. The number of carbonyl (C=O) groups is 1. The van der Waals surface area contributed by atoms with Gasteiger partial charge in [0.15, 0.2) is 0 Å². The molecule has 96 valence electrons. The summed E-state index contributed by atoms with van der Waals surface area (Å²) in [5, 5.41) is 8.42. The van der Waals surface area contributed by atoms with E-state index in [1.807, 2.05) is 0 Å². The summed E-state index contributed by atoms with van der Waals surface area (Å²) in [4.78, 5) is 11.8. The van der Waals surface area contributed by atoms with Crippen LogP contribution in [0.2, 0.25) is 0 Å². The van der Waals surface area contributed by atoms with Crippen molar-refractivity contribution in [2.24, 2.45) is 0 Å². The molecule has 0 atom stereocenters. The molecule has 3 nitrogen and oxygen atoms in total. The number of likely N-dealkylation sites (N-methyl/N-ethyl adjacent to an activating group) is 1. The van der Waals surface area contributed by atoms with E-state index in [1.165, 1.54) is 43.1 Å². The number of aliphatic hydroxyl groups excluding tert-OH is 1. The second-order valence-corrected chi connectivity index (χ2v) is 3.93. The van der Waals surface area contributed by atoms with Crippen molar-refractivity contribution in [2.75, 3.05) is 20.7 Å². The largest absolute Gasteiger partial charge is 0.396 e. The minimum atomic E-state index is -0.0556. The maximum atomic E-state index is 10.3. The highest BCUT2D eigenvalue weighted by Gasteiger charge is 1.91. The Morgan fingerprint density at radius 2 is 1.69 bits per heavy atom. The molecular weight excluding hydrogens is 202 g/mol. The van der Waals surface area contributed by atoms with Gasteiger partial charge in [-0.05, 0) is 12.5 Å². The van der Waals surface area contributed by atoms with Crippen molar-refractivity contribution in [2.45, 2.75) is 45.4 Å². The third-order valence-corrected chi connectivity index (χ3v) is 2.13. The van der Waals surface area contributed by atoms with Crippen LogP contribution in [0.25, 0.3) is 0 Å². The van der Waals surface area contributed by atoms with Crippen molar-refractivity contribution < 1.29 is 9.90 Å². The number of aliphatic hydroxyl groups is 1. The van der Waals surface area contributed by atoms with E-state index in [9.17, 15) is 4.79 Å². The maximum absolute atomic E-state index is 10.3. The van der Waals surface area contributed by atoms with Gasteiger partial charge in [0.1, 0.15) is 0 Å². The van der Waals surface area contributed by atoms with E-state index in [1.54, 1.807) is 14.1 Å². The lowest BCUT2D eigenvalue weighted by atomic mass is 10.1. The molecule has 0 rings (SSSR count). The zero-order valence-corrected chi connectivity index (χ0v) is 11.0. The molecule has 0 unspecified atom stereocenters. The van der Waals surface area contributed by atoms with Crippen LogP contribution in [0.4, 0.5) is 0 Å². The molecule has 3 heteroatoms. The Hall–Kier alpha value is -0.830. The van der Waals surface area contributed by atoms with Crippen molar-refractivity contribution in [3.05, 3.63) is 12.7 Å². The molecule has 0 radical (unpaired) electrons. The zero-order valence-electron chi connectivity index (χ0n) is 11.0. The fourth-order valence-corrected chi connectivity index (χ4v) is 1.07. The van der Waals surface area contributed by atoms with Crippen LogP contribution in [0.15, 0.2) is 12.7 Å². The van der Waals surface area contributed by atoms with Crippen LogP contribution in [0, 0.1) is 0 Å². The van der Waals surface area contributed by atoms with E-state index in [0.717, 1.165) is 6.42 Å². The predicted molar refractivity (Wildman–Crippen MR) is 69.4 cm³/mol. The molecule has 0 saturated heterocycles. The van der Waals surface area contributed by atoms with Gasteiger partial charge in [-0.15, -0.1) is 0 Å². The van der Waals surface area contributed by atoms with Gasteiger partial charge in [-0.2, -0.15) is 0 Å². The van der Waals surface area contributed by atoms with Crippen molar-refractivity contribution in [3.8, 4) is 0 Å². The van der Waals surface area contributed by atoms with Gasteiger partial charge in [0, 0.05) is 20.7 Å². The van der Waals surface area contributed by atoms with E-state index in [0.29, 0.717) is 6.61 Å². The first-order chi connectivity index (χ1) is 7.59. The van der Waals surface area contributed by atoms with E-state index in [-0.39, 0.29) is 5.91 Å². The number of hydrogen-bond donors (Lipinski definition) is 1. The normalized spacial score (nSPS) is 9.00. The Labute approximate surface area is 100 Å². The number of carbonyl (C=O) groups excluding carboxylic acids is 1. The van der Waals surface area contributed by atoms with Gasteiger partial charge in [0.25, 0.3) is 0 Å². The molecule has 0 fully saturated rings. The van der Waals surface area contributed by atoms with Crippen LogP contribution < -0.4 is 0 Å². The molecule has 0 spiro atoms. The van der Waals surface area contributed by atoms with Gasteiger partial charge in [0.05, 0.1) is 0 Å². The molecule has 1 N–H and O–H groups in total. The second-order valence-electron chi connectivity index (χ2n) is 3.93. The van der Waals surface area contributed by atoms with Gasteiger partial charge in [-0.1, -0.05) is 45.6 Å². The lowest BCUT2D eigenvalue weighted by Gasteiger charge is -2.03. The standard InChI is InChI=1S/C8H18O.C5H9NO/c1-2-3-4-5-6-7-8-9;1-4-5(7)6(2)3/h9H,2-8H2,1H3;4H,1H2,2-3H3. The van der Waals surface area contributed by atoms with Gasteiger partial charge in [-0.3, -0.25) is 4.79 Å². The molecule has 0 aromatic rings. The first-order valence-corrected chi connectivity index (χ1v) is 6.04. The molecule has 1 amide bonds. The Kier molecular flexibility index (Phi) is 15.6. The van der Waals surface area contributed by atoms with Gasteiger partial charge < -0.3 is 10.0 Å². The SMILES string of the molecule is C=CC(=O)N(C)C.CCCCCCCCO. The quantitative estimate of drug-likeness (QED) is 0.538. The van der Waals surface area contributed by atoms with E-state index in [2.05, 4.69) is 13.5 Å². The molecule has 0 bridgehead atoms. The summed E-state index contributed by atoms with van der Waals surface area (Å²) in [7, 11) is 3.37. The summed E-state index contributed by atoms with van der Waals surface area (Å²) in [5.41, 5.74) is 0. The predicted octanol–water partition coefficient (Wildman–Crippen LogP) is 2.60. The van der Waals surface area contributed by atoms with Crippen LogP contribution in [0.3, 0.4) is 0 Å². The smallest absolute Gasteiger partial charge is 0.245 e. The van der Waals surface area contributed by atoms with Crippen molar-refractivity contribution in [1.29, 1.82) is 0 Å². The molecular formula is C13H27NO2. The Morgan fingerprint density at radius 1 is 1.19 bits per heavy atom. The summed E-state index contributed by atoms with van der Waals surface area (Å²) in [6, 6.07) is 0. The molecule has 0 aliphatic rings. The summed E-state index contributed by atoms with van der Waals surface area (Å²) < 4.78 is 0. The summed E-state index contributed by atoms with van der Waals surface area (Å²) >= 11 is 0. The highest BCUT2D eigenvalue weighted by Crippen LogP contribution is 2.03. The van der Waals surface area contributed by atoms with Crippen LogP contribution >= 0.6 is 0 Å². The Morgan fingerprint density at radius 3 is 2.00 bits per heavy atom. The average Bonchev–Trinajstić information content (AvgIpc) is 2.28. The fraction of sp³-hybridized carbons (Fsp3) is 0.769. The molecule has 0 aliphatic carbocycles. The number of rotatable bonds is 7. The summed E-state index contributed by atoms with van der Waals surface area (Å²) in [5.74, 6) is -0.0556. The highest BCUT2D eigenvalue weighted by molar-refractivity contribution is 5.86. The van der Waals surface area contributed by atoms with E-state index in [4.69, 9.17) is 5.11 Å². The zero-order chi connectivity index (χ0) is 12.8. The molecule has 0 aromatic carbocycles. The average molecular weight is 229 g/mol. The number of nitrogens with zero attached hydrogens (tertiary/aromatic N) is 1. The highest BCUT2D eigenvalue weighted by atomic mass is 16.2. The Balaban J connectivity index is 0. The Bertz CT molecular complexity index is 161. The van der Waals surface area contributed by atoms with Gasteiger partial charge >= 0.3 is 0 Å². The molecule has 16 heavy (non-hydrogen) atoms. The molecule has 0 heterocycles. The first-order valence-electron chi connectivity index (χ1n) is 6.04. The molecule has 0 saturated carbocycles. The third kappa shape index (κ3) is 15.6. The monoisotopic (exact) mass is 229 g/mol. The second kappa shape index (κ2) is 14.2. The lowest BCUT2D eigenvalue weighted by Crippen LogP contribution is -2.18. The van der Waals surface area contributed by atoms with Crippen molar-refractivity contribution >= 4 is 5.91 Å². The van der Waals surface area contributed by atoms with Crippen LogP contribution in [0.5, 0.6) is 0 Å². The maximum Gasteiger partial charge on any atom is 0.245 e. The fourth-order valence-electron chi connectivity index (χ4n) is 1.07. The first kappa shape index (κ1) is 17.6. The summed E-state index contributed by atoms with van der Waals surface area (Å²) in [6.45, 7) is 5.87. The van der Waals surface area contributed by atoms with Crippen LogP contribution in [0.1, 0.15) is 45.4 Å². The van der Waals surface area contributed by atoms with Crippen molar-refractivity contribution in [1.82, 2.24) is 4.90 Å². The van der Waals surface area contributed by atoms with E-state index >= 15 is 0 Å². The number of amides is 1. The molecule has 0 aromatic heterocycles. The van der Waals surface area contributed by atoms with E-state index < -0.39 is 0 Å². The van der Waals surface area contributed by atoms with Gasteiger partial charge in [-0.25, -0.2) is 0 Å². The molecule has 0 aliphatic heterocycles. The van der Waals surface area contributed by atoms with Gasteiger partial charge in [0.2, 0.25) is 5.91 Å².